The number of carbonyl (C=O) groups excluding carboxylic acids is 4. The van der Waals surface area contributed by atoms with Gasteiger partial charge in [-0.15, -0.1) is 0 Å². The number of alkyl halides is 1. The fourth-order valence-electron chi connectivity index (χ4n) is 6.61. The molecule has 1 saturated carbocycles. The number of aliphatic hydroxyl groups is 1. The van der Waals surface area contributed by atoms with Crippen molar-refractivity contribution in [2.75, 3.05) is 39.2 Å². The van der Waals surface area contributed by atoms with E-state index in [2.05, 4.69) is 27.6 Å². The zero-order valence-corrected chi connectivity index (χ0v) is 31.8. The van der Waals surface area contributed by atoms with Gasteiger partial charge in [0.1, 0.15) is 37.1 Å². The number of anilines is 1. The molecule has 0 radical (unpaired) electrons. The molecule has 2 heterocycles. The van der Waals surface area contributed by atoms with Gasteiger partial charge in [0.2, 0.25) is 0 Å². The Morgan fingerprint density at radius 2 is 1.82 bits per heavy atom. The second-order valence-corrected chi connectivity index (χ2v) is 14.9. The molecule has 11 nitrogen and oxygen atoms in total. The van der Waals surface area contributed by atoms with Gasteiger partial charge in [0.05, 0.1) is 18.2 Å². The predicted molar refractivity (Wildman–Crippen MR) is 200 cm³/mol. The minimum Gasteiger partial charge on any atom is -0.458 e. The average molecular weight is 719 g/mol. The lowest BCUT2D eigenvalue weighted by Gasteiger charge is -2.30. The number of H-pyrrole nitrogens is 1. The first-order chi connectivity index (χ1) is 24.2. The van der Waals surface area contributed by atoms with Crippen molar-refractivity contribution in [3.05, 3.63) is 30.0 Å². The van der Waals surface area contributed by atoms with Crippen LogP contribution in [0.1, 0.15) is 109 Å². The Morgan fingerprint density at radius 3 is 2.39 bits per heavy atom. The van der Waals surface area contributed by atoms with E-state index in [1.54, 1.807) is 33.8 Å². The number of aldehydes is 2. The lowest BCUT2D eigenvalue weighted by Crippen LogP contribution is -2.40. The third-order valence-electron chi connectivity index (χ3n) is 9.49. The van der Waals surface area contributed by atoms with E-state index in [4.69, 9.17) is 14.6 Å². The quantitative estimate of drug-likeness (QED) is 0.119. The van der Waals surface area contributed by atoms with Crippen LogP contribution in [0.4, 0.5) is 14.9 Å². The molecule has 4 rings (SSSR count). The maximum atomic E-state index is 12.8. The molecule has 0 spiro atoms. The number of esters is 1. The van der Waals surface area contributed by atoms with Gasteiger partial charge in [0, 0.05) is 29.6 Å². The summed E-state index contributed by atoms with van der Waals surface area (Å²) in [5.74, 6) is 1.07. The van der Waals surface area contributed by atoms with Crippen molar-refractivity contribution in [2.24, 2.45) is 17.8 Å². The van der Waals surface area contributed by atoms with E-state index >= 15 is 0 Å². The molecule has 1 aliphatic carbocycles. The summed E-state index contributed by atoms with van der Waals surface area (Å²) in [7, 11) is 3.92. The summed E-state index contributed by atoms with van der Waals surface area (Å²) < 4.78 is 22.8. The number of fused-ring (bicyclic) bond motifs is 1. The number of aliphatic hydroxyl groups excluding tert-OH is 1. The van der Waals surface area contributed by atoms with Crippen molar-refractivity contribution in [3.63, 3.8) is 0 Å². The molecule has 288 valence electrons. The maximum Gasteiger partial charge on any atom is 0.407 e. The molecule has 2 aromatic rings. The summed E-state index contributed by atoms with van der Waals surface area (Å²) in [5.41, 5.74) is 1.65. The smallest absolute Gasteiger partial charge is 0.407 e. The minimum atomic E-state index is -0.658. The largest absolute Gasteiger partial charge is 0.458 e. The number of hydrogen-bond donors (Lipinski definition) is 4. The van der Waals surface area contributed by atoms with Crippen LogP contribution in [0.3, 0.4) is 0 Å². The van der Waals surface area contributed by atoms with Gasteiger partial charge >= 0.3 is 12.1 Å². The topological polar surface area (TPSA) is 150 Å². The number of hydrogen-bond acceptors (Lipinski definition) is 9. The number of carbonyl (C=O) groups is 4. The number of likely N-dealkylation sites (N-methyl/N-ethyl adjacent to an activating group) is 1. The molecule has 1 aliphatic heterocycles. The van der Waals surface area contributed by atoms with Gasteiger partial charge in [-0.05, 0) is 103 Å². The van der Waals surface area contributed by atoms with Crippen LogP contribution in [0.15, 0.2) is 24.3 Å². The zero-order valence-electron chi connectivity index (χ0n) is 31.8. The SMILES string of the molecule is CCC(C=O)CCCC(CF)NC(=O)OC(C)(C)C.CN1CCC(C2CCCCC2)C1C=O.CNc1ccc2[nH]c(C(=O)OCC(C)O)cc2c1. The van der Waals surface area contributed by atoms with Crippen molar-refractivity contribution in [3.8, 4) is 0 Å². The van der Waals surface area contributed by atoms with Crippen LogP contribution >= 0.6 is 0 Å². The number of alkyl carbamates (subject to hydrolysis) is 1. The molecule has 1 saturated heterocycles. The Kier molecular flexibility index (Phi) is 19.2. The highest BCUT2D eigenvalue weighted by molar-refractivity contribution is 5.95. The van der Waals surface area contributed by atoms with Crippen molar-refractivity contribution >= 4 is 41.2 Å². The van der Waals surface area contributed by atoms with Gasteiger partial charge in [-0.2, -0.15) is 0 Å². The second kappa shape index (κ2) is 22.4. The van der Waals surface area contributed by atoms with Crippen LogP contribution in [-0.2, 0) is 19.1 Å². The van der Waals surface area contributed by atoms with Gasteiger partial charge in [-0.25, -0.2) is 14.0 Å². The summed E-state index contributed by atoms with van der Waals surface area (Å²) in [6.07, 6.45) is 11.7. The van der Waals surface area contributed by atoms with Crippen LogP contribution in [-0.4, -0.2) is 97.3 Å². The number of aromatic nitrogens is 1. The highest BCUT2D eigenvalue weighted by atomic mass is 19.1. The first kappa shape index (κ1) is 43.7. The molecular formula is C39H63FN4O7. The van der Waals surface area contributed by atoms with E-state index in [0.717, 1.165) is 48.2 Å². The molecule has 2 aliphatic rings. The van der Waals surface area contributed by atoms with Crippen LogP contribution in [0.5, 0.6) is 0 Å². The van der Waals surface area contributed by atoms with Crippen molar-refractivity contribution < 1.29 is 38.1 Å². The Labute approximate surface area is 303 Å². The Balaban J connectivity index is 0.000000268. The number of amides is 1. The van der Waals surface area contributed by atoms with E-state index in [0.29, 0.717) is 24.5 Å². The number of halogens is 1. The normalized spacial score (nSPS) is 19.7. The molecule has 1 aromatic heterocycles. The average Bonchev–Trinajstić information content (AvgIpc) is 3.71. The second-order valence-electron chi connectivity index (χ2n) is 14.9. The summed E-state index contributed by atoms with van der Waals surface area (Å²) in [4.78, 5) is 50.1. The number of ether oxygens (including phenoxy) is 2. The Morgan fingerprint density at radius 1 is 1.12 bits per heavy atom. The molecule has 1 aromatic carbocycles. The van der Waals surface area contributed by atoms with Crippen molar-refractivity contribution in [1.29, 1.82) is 0 Å². The fraction of sp³-hybridized carbons (Fsp3) is 0.692. The summed E-state index contributed by atoms with van der Waals surface area (Å²) in [6.45, 7) is 9.27. The number of likely N-dealkylation sites (tertiary alicyclic amines) is 1. The minimum absolute atomic E-state index is 0.00400. The Bertz CT molecular complexity index is 1340. The molecule has 4 N–H and O–H groups in total. The lowest BCUT2D eigenvalue weighted by molar-refractivity contribution is -0.113. The van der Waals surface area contributed by atoms with Crippen molar-refractivity contribution in [1.82, 2.24) is 15.2 Å². The number of rotatable bonds is 14. The van der Waals surface area contributed by atoms with Crippen LogP contribution in [0.2, 0.25) is 0 Å². The lowest BCUT2D eigenvalue weighted by atomic mass is 9.77. The summed E-state index contributed by atoms with van der Waals surface area (Å²) >= 11 is 0. The molecule has 51 heavy (non-hydrogen) atoms. The predicted octanol–water partition coefficient (Wildman–Crippen LogP) is 7.08. The van der Waals surface area contributed by atoms with Crippen LogP contribution in [0.25, 0.3) is 10.9 Å². The van der Waals surface area contributed by atoms with E-state index in [1.807, 2.05) is 32.2 Å². The monoisotopic (exact) mass is 718 g/mol. The standard InChI is InChI=1S/C14H26FNO3.C13H16N2O3.C12H21NO/c1-5-11(10-17)7-6-8-12(9-15)16-13(18)19-14(2,3)4;1-8(16)7-18-13(17)12-6-9-5-10(14-2)3-4-11(9)15-12;1-13-8-7-11(12(13)9-14)10-5-3-2-4-6-10/h10-12H,5-9H2,1-4H3,(H,16,18);3-6,8,14-16H,7H2,1-2H3;9-12H,2-8H2,1H3. The number of aromatic amines is 1. The first-order valence-corrected chi connectivity index (χ1v) is 18.6. The third kappa shape index (κ3) is 15.7. The van der Waals surface area contributed by atoms with Gasteiger partial charge < -0.3 is 39.8 Å². The molecule has 0 bridgehead atoms. The number of nitrogens with one attached hydrogen (secondary N) is 3. The zero-order chi connectivity index (χ0) is 38.0. The molecule has 12 heteroatoms. The fourth-order valence-corrected chi connectivity index (χ4v) is 6.61. The van der Waals surface area contributed by atoms with E-state index in [9.17, 15) is 23.6 Å². The van der Waals surface area contributed by atoms with Gasteiger partial charge in [0.15, 0.2) is 0 Å². The number of nitrogens with zero attached hydrogens (tertiary/aromatic N) is 1. The Hall–Kier alpha value is -3.51. The van der Waals surface area contributed by atoms with Gasteiger partial charge in [0.25, 0.3) is 0 Å². The van der Waals surface area contributed by atoms with E-state index in [1.165, 1.54) is 44.8 Å². The van der Waals surface area contributed by atoms with Crippen molar-refractivity contribution in [2.45, 2.75) is 123 Å². The molecular weight excluding hydrogens is 655 g/mol. The van der Waals surface area contributed by atoms with Crippen LogP contribution in [0, 0.1) is 17.8 Å². The molecule has 1 amide bonds. The van der Waals surface area contributed by atoms with Crippen LogP contribution < -0.4 is 10.6 Å². The number of benzene rings is 1. The molecule has 5 atom stereocenters. The summed E-state index contributed by atoms with van der Waals surface area (Å²) in [5, 5.41) is 15.5. The maximum absolute atomic E-state index is 12.8. The highest BCUT2D eigenvalue weighted by Crippen LogP contribution is 2.37. The third-order valence-corrected chi connectivity index (χ3v) is 9.49. The van der Waals surface area contributed by atoms with E-state index < -0.39 is 36.5 Å². The molecule has 5 unspecified atom stereocenters. The first-order valence-electron chi connectivity index (χ1n) is 18.6. The molecule has 2 fully saturated rings. The van der Waals surface area contributed by atoms with Gasteiger partial charge in [-0.3, -0.25) is 4.90 Å². The summed E-state index contributed by atoms with van der Waals surface area (Å²) in [6, 6.07) is 7.17. The highest BCUT2D eigenvalue weighted by Gasteiger charge is 2.37. The van der Waals surface area contributed by atoms with Gasteiger partial charge in [-0.1, -0.05) is 45.4 Å². The van der Waals surface area contributed by atoms with E-state index in [-0.39, 0.29) is 18.6 Å².